The van der Waals surface area contributed by atoms with Crippen LogP contribution in [0.1, 0.15) is 45.1 Å². The van der Waals surface area contributed by atoms with E-state index in [2.05, 4.69) is 11.1 Å². The van der Waals surface area contributed by atoms with Crippen LogP contribution >= 0.6 is 11.3 Å². The van der Waals surface area contributed by atoms with Gasteiger partial charge in [0.05, 0.1) is 6.26 Å². The van der Waals surface area contributed by atoms with E-state index in [1.165, 1.54) is 11.1 Å². The van der Waals surface area contributed by atoms with E-state index in [1.54, 1.807) is 17.6 Å². The molecule has 2 aromatic heterocycles. The zero-order valence-corrected chi connectivity index (χ0v) is 13.8. The number of aryl methyl sites for hydroxylation is 1. The largest absolute Gasteiger partial charge is 0.462 e. The highest BCUT2D eigenvalue weighted by Crippen LogP contribution is 2.46. The van der Waals surface area contributed by atoms with Crippen molar-refractivity contribution in [2.75, 3.05) is 0 Å². The summed E-state index contributed by atoms with van der Waals surface area (Å²) in [5, 5.41) is 0.846. The molecule has 1 aromatic carbocycles. The molecule has 0 bridgehead atoms. The molecule has 0 spiro atoms. The molecular weight excluding hydrogens is 318 g/mol. The second kappa shape index (κ2) is 5.28. The summed E-state index contributed by atoms with van der Waals surface area (Å²) in [6.07, 6.45) is 8.80. The molecule has 1 unspecified atom stereocenters. The highest BCUT2D eigenvalue weighted by molar-refractivity contribution is 7.15. The molecule has 0 amide bonds. The molecule has 0 fully saturated rings. The predicted octanol–water partition coefficient (Wildman–Crippen LogP) is 5.10. The molecule has 1 atom stereocenters. The summed E-state index contributed by atoms with van der Waals surface area (Å²) in [5.74, 6) is 1.21. The zero-order valence-electron chi connectivity index (χ0n) is 13.0. The number of hydrogen-bond acceptors (Lipinski definition) is 4. The van der Waals surface area contributed by atoms with Crippen LogP contribution in [0.15, 0.2) is 52.8 Å². The van der Waals surface area contributed by atoms with E-state index in [0.717, 1.165) is 46.0 Å². The quantitative estimate of drug-likeness (QED) is 0.613. The van der Waals surface area contributed by atoms with Gasteiger partial charge >= 0.3 is 0 Å². The van der Waals surface area contributed by atoms with Gasteiger partial charge in [-0.3, -0.25) is 4.79 Å². The first-order valence-corrected chi connectivity index (χ1v) is 9.01. The van der Waals surface area contributed by atoms with Gasteiger partial charge in [-0.1, -0.05) is 18.2 Å². The summed E-state index contributed by atoms with van der Waals surface area (Å²) in [7, 11) is 0. The minimum atomic E-state index is 0.187. The van der Waals surface area contributed by atoms with Crippen molar-refractivity contribution in [2.45, 2.75) is 25.2 Å². The maximum atomic E-state index is 12.9. The molecule has 3 aromatic rings. The molecule has 2 aliphatic carbocycles. The number of Topliss-reactive ketones (excluding diaryl/α,β-unsaturated/α-hetero) is 1. The molecule has 0 radical (unpaired) electrons. The monoisotopic (exact) mass is 333 g/mol. The summed E-state index contributed by atoms with van der Waals surface area (Å²) < 4.78 is 5.40. The second-order valence-corrected chi connectivity index (χ2v) is 7.36. The number of furan rings is 1. The fourth-order valence-electron chi connectivity index (χ4n) is 3.89. The van der Waals surface area contributed by atoms with E-state index in [-0.39, 0.29) is 11.7 Å². The maximum absolute atomic E-state index is 12.9. The molecule has 0 saturated heterocycles. The van der Waals surface area contributed by atoms with E-state index >= 15 is 0 Å². The van der Waals surface area contributed by atoms with E-state index in [0.29, 0.717) is 0 Å². The van der Waals surface area contributed by atoms with E-state index in [1.807, 2.05) is 36.5 Å². The third kappa shape index (κ3) is 2.03. The standard InChI is InChI=1S/C20H15NO2S/c22-19-15-7-2-5-12-4-1-6-14(18(12)15)16(19)10-13-11-21-20(24-13)17-8-3-9-23-17/h2-3,5,7-11,14H,1,4,6H2/b16-10-. The Kier molecular flexibility index (Phi) is 3.06. The smallest absolute Gasteiger partial charge is 0.189 e. The fourth-order valence-corrected chi connectivity index (χ4v) is 4.73. The number of thiazole rings is 1. The Balaban J connectivity index is 1.57. The number of carbonyl (C=O) groups is 1. The van der Waals surface area contributed by atoms with Crippen LogP contribution in [0.5, 0.6) is 0 Å². The fraction of sp³-hybridized carbons (Fsp3) is 0.200. The van der Waals surface area contributed by atoms with Gasteiger partial charge in [0, 0.05) is 28.1 Å². The van der Waals surface area contributed by atoms with Crippen LogP contribution in [-0.4, -0.2) is 10.8 Å². The van der Waals surface area contributed by atoms with Gasteiger partial charge in [0.15, 0.2) is 16.6 Å². The van der Waals surface area contributed by atoms with Crippen molar-refractivity contribution in [1.29, 1.82) is 0 Å². The summed E-state index contributed by atoms with van der Waals surface area (Å²) in [4.78, 5) is 18.3. The Morgan fingerprint density at radius 1 is 1.25 bits per heavy atom. The van der Waals surface area contributed by atoms with E-state index < -0.39 is 0 Å². The Morgan fingerprint density at radius 2 is 2.21 bits per heavy atom. The van der Waals surface area contributed by atoms with Crippen molar-refractivity contribution in [3.63, 3.8) is 0 Å². The minimum Gasteiger partial charge on any atom is -0.462 e. The van der Waals surface area contributed by atoms with Crippen LogP contribution < -0.4 is 0 Å². The van der Waals surface area contributed by atoms with Gasteiger partial charge in [-0.25, -0.2) is 4.98 Å². The van der Waals surface area contributed by atoms with Gasteiger partial charge in [0.25, 0.3) is 0 Å². The molecule has 24 heavy (non-hydrogen) atoms. The summed E-state index contributed by atoms with van der Waals surface area (Å²) in [6.45, 7) is 0. The first-order valence-electron chi connectivity index (χ1n) is 8.19. The van der Waals surface area contributed by atoms with E-state index in [9.17, 15) is 4.79 Å². The van der Waals surface area contributed by atoms with Crippen molar-refractivity contribution in [3.05, 3.63) is 69.9 Å². The molecule has 118 valence electrons. The lowest BCUT2D eigenvalue weighted by atomic mass is 9.82. The Hall–Kier alpha value is -2.46. The van der Waals surface area contributed by atoms with Gasteiger partial charge < -0.3 is 4.42 Å². The number of allylic oxidation sites excluding steroid dienone is 1. The van der Waals surface area contributed by atoms with Crippen molar-refractivity contribution in [3.8, 4) is 10.8 Å². The van der Waals surface area contributed by atoms with Gasteiger partial charge in [0.2, 0.25) is 0 Å². The SMILES string of the molecule is O=C1/C(=C\c2cnc(-c3ccco3)s2)C2CCCc3cccc1c32. The number of ketones is 1. The molecule has 4 heteroatoms. The normalized spacial score (nSPS) is 20.6. The number of carbonyl (C=O) groups excluding carboxylic acids is 1. The number of hydrogen-bond donors (Lipinski definition) is 0. The minimum absolute atomic E-state index is 0.187. The lowest BCUT2D eigenvalue weighted by Gasteiger charge is -2.21. The van der Waals surface area contributed by atoms with Gasteiger partial charge in [-0.2, -0.15) is 0 Å². The third-order valence-electron chi connectivity index (χ3n) is 4.92. The molecule has 5 rings (SSSR count). The summed E-state index contributed by atoms with van der Waals surface area (Å²) in [6, 6.07) is 9.92. The highest BCUT2D eigenvalue weighted by atomic mass is 32.1. The predicted molar refractivity (Wildman–Crippen MR) is 94.2 cm³/mol. The summed E-state index contributed by atoms with van der Waals surface area (Å²) >= 11 is 1.56. The number of rotatable bonds is 2. The first kappa shape index (κ1) is 13.9. The van der Waals surface area contributed by atoms with Crippen molar-refractivity contribution in [2.24, 2.45) is 0 Å². The third-order valence-corrected chi connectivity index (χ3v) is 5.88. The van der Waals surface area contributed by atoms with Crippen molar-refractivity contribution in [1.82, 2.24) is 4.98 Å². The maximum Gasteiger partial charge on any atom is 0.189 e. The van der Waals surface area contributed by atoms with Gasteiger partial charge in [-0.15, -0.1) is 11.3 Å². The van der Waals surface area contributed by atoms with Crippen LogP contribution in [0.2, 0.25) is 0 Å². The van der Waals surface area contributed by atoms with Crippen LogP contribution in [0.3, 0.4) is 0 Å². The molecule has 0 N–H and O–H groups in total. The molecule has 0 aliphatic heterocycles. The topological polar surface area (TPSA) is 43.1 Å². The molecular formula is C20H15NO2S. The Bertz CT molecular complexity index is 965. The average molecular weight is 333 g/mol. The van der Waals surface area contributed by atoms with Gasteiger partial charge in [0.1, 0.15) is 0 Å². The molecule has 2 aliphatic rings. The Morgan fingerprint density at radius 3 is 3.08 bits per heavy atom. The van der Waals surface area contributed by atoms with Crippen LogP contribution in [0.25, 0.3) is 16.8 Å². The average Bonchev–Trinajstić information content (AvgIpc) is 3.33. The van der Waals surface area contributed by atoms with Gasteiger partial charge in [-0.05, 0) is 48.6 Å². The molecule has 2 heterocycles. The summed E-state index contributed by atoms with van der Waals surface area (Å²) in [5.41, 5.74) is 4.45. The van der Waals surface area contributed by atoms with E-state index in [4.69, 9.17) is 4.42 Å². The molecule has 3 nitrogen and oxygen atoms in total. The second-order valence-electron chi connectivity index (χ2n) is 6.30. The lowest BCUT2D eigenvalue weighted by Crippen LogP contribution is -2.07. The number of benzene rings is 1. The number of nitrogens with zero attached hydrogens (tertiary/aromatic N) is 1. The highest BCUT2D eigenvalue weighted by Gasteiger charge is 2.37. The van der Waals surface area contributed by atoms with Crippen LogP contribution in [0, 0.1) is 0 Å². The van der Waals surface area contributed by atoms with Crippen molar-refractivity contribution < 1.29 is 9.21 Å². The lowest BCUT2D eigenvalue weighted by molar-refractivity contribution is 0.103. The zero-order chi connectivity index (χ0) is 16.1. The Labute approximate surface area is 143 Å². The first-order chi connectivity index (χ1) is 11.8. The molecule has 0 saturated carbocycles. The van der Waals surface area contributed by atoms with Crippen molar-refractivity contribution >= 4 is 23.2 Å². The van der Waals surface area contributed by atoms with Crippen LogP contribution in [0.4, 0.5) is 0 Å². The number of aromatic nitrogens is 1. The van der Waals surface area contributed by atoms with Crippen LogP contribution in [-0.2, 0) is 6.42 Å².